The van der Waals surface area contributed by atoms with Crippen molar-refractivity contribution in [3.8, 4) is 11.1 Å². The Morgan fingerprint density at radius 3 is 2.51 bits per heavy atom. The van der Waals surface area contributed by atoms with Gasteiger partial charge in [0.25, 0.3) is 5.91 Å². The molecule has 8 heteroatoms. The lowest BCUT2D eigenvalue weighted by Gasteiger charge is -2.29. The van der Waals surface area contributed by atoms with E-state index < -0.39 is 5.82 Å². The first-order valence-electron chi connectivity index (χ1n) is 12.8. The molecular formula is C31H31ClFN3O3. The standard InChI is InChI=1S/C31H31ClFN3O3/c1-20(37)24-11-13-28(32)30(33)27(24)12-14-29(38)36-17-15-26-23(19-36)5-4-6-25(26)21-7-9-22(10-8-21)31(39)34-16-18-35(2)3/h4-14H,15-19H2,1-3H3,(H,34,39)/b14-12+. The fourth-order valence-electron chi connectivity index (χ4n) is 4.66. The van der Waals surface area contributed by atoms with Crippen LogP contribution < -0.4 is 5.32 Å². The Bertz CT molecular complexity index is 1430. The van der Waals surface area contributed by atoms with E-state index in [2.05, 4.69) is 5.32 Å². The number of rotatable bonds is 8. The third-order valence-electron chi connectivity index (χ3n) is 6.78. The van der Waals surface area contributed by atoms with Crippen LogP contribution in [0, 0.1) is 5.82 Å². The van der Waals surface area contributed by atoms with Crippen molar-refractivity contribution in [2.75, 3.05) is 33.7 Å². The molecule has 0 atom stereocenters. The maximum absolute atomic E-state index is 14.6. The van der Waals surface area contributed by atoms with Gasteiger partial charge in [-0.25, -0.2) is 4.39 Å². The van der Waals surface area contributed by atoms with Gasteiger partial charge in [0.1, 0.15) is 5.82 Å². The first-order valence-corrected chi connectivity index (χ1v) is 13.1. The predicted octanol–water partition coefficient (Wildman–Crippen LogP) is 5.24. The van der Waals surface area contributed by atoms with E-state index in [1.54, 1.807) is 4.90 Å². The molecule has 0 bridgehead atoms. The number of Topliss-reactive ketones (excluding diaryl/α,β-unsaturated/α-hetero) is 1. The van der Waals surface area contributed by atoms with Crippen molar-refractivity contribution in [3.05, 3.63) is 99.3 Å². The lowest BCUT2D eigenvalue weighted by atomic mass is 9.90. The zero-order chi connectivity index (χ0) is 28.1. The van der Waals surface area contributed by atoms with E-state index in [4.69, 9.17) is 11.6 Å². The summed E-state index contributed by atoms with van der Waals surface area (Å²) in [6.07, 6.45) is 3.27. The third-order valence-corrected chi connectivity index (χ3v) is 7.08. The minimum atomic E-state index is -0.723. The number of carbonyl (C=O) groups excluding carboxylic acids is 3. The molecule has 0 radical (unpaired) electrons. The summed E-state index contributed by atoms with van der Waals surface area (Å²) in [6.45, 7) is 3.60. The molecule has 0 unspecified atom stereocenters. The van der Waals surface area contributed by atoms with Crippen LogP contribution in [0.25, 0.3) is 17.2 Å². The largest absolute Gasteiger partial charge is 0.351 e. The van der Waals surface area contributed by atoms with Crippen LogP contribution >= 0.6 is 11.6 Å². The van der Waals surface area contributed by atoms with Crippen molar-refractivity contribution in [2.45, 2.75) is 19.9 Å². The molecule has 4 rings (SSSR count). The molecule has 6 nitrogen and oxygen atoms in total. The first kappa shape index (κ1) is 28.2. The van der Waals surface area contributed by atoms with Crippen LogP contribution in [0.1, 0.15) is 44.3 Å². The van der Waals surface area contributed by atoms with Gasteiger partial charge < -0.3 is 15.1 Å². The third kappa shape index (κ3) is 6.61. The number of hydrogen-bond donors (Lipinski definition) is 1. The van der Waals surface area contributed by atoms with E-state index in [0.29, 0.717) is 31.6 Å². The highest BCUT2D eigenvalue weighted by molar-refractivity contribution is 6.31. The molecule has 0 aromatic heterocycles. The highest BCUT2D eigenvalue weighted by atomic mass is 35.5. The van der Waals surface area contributed by atoms with Crippen LogP contribution in [0.15, 0.2) is 60.7 Å². The highest BCUT2D eigenvalue weighted by Crippen LogP contribution is 2.31. The number of amides is 2. The molecule has 0 saturated heterocycles. The Labute approximate surface area is 233 Å². The van der Waals surface area contributed by atoms with E-state index in [9.17, 15) is 18.8 Å². The summed E-state index contributed by atoms with van der Waals surface area (Å²) in [5.74, 6) is -1.41. The van der Waals surface area contributed by atoms with Gasteiger partial charge in [0, 0.05) is 48.9 Å². The summed E-state index contributed by atoms with van der Waals surface area (Å²) >= 11 is 5.89. The minimum Gasteiger partial charge on any atom is -0.351 e. The molecule has 202 valence electrons. The monoisotopic (exact) mass is 547 g/mol. The van der Waals surface area contributed by atoms with Gasteiger partial charge >= 0.3 is 0 Å². The van der Waals surface area contributed by atoms with Gasteiger partial charge in [0.2, 0.25) is 5.91 Å². The topological polar surface area (TPSA) is 69.7 Å². The second-order valence-corrected chi connectivity index (χ2v) is 10.2. The van der Waals surface area contributed by atoms with Crippen LogP contribution in [0.2, 0.25) is 5.02 Å². The number of benzene rings is 3. The highest BCUT2D eigenvalue weighted by Gasteiger charge is 2.22. The SMILES string of the molecule is CC(=O)c1ccc(Cl)c(F)c1/C=C/C(=O)N1CCc2c(cccc2-c2ccc(C(=O)NCCN(C)C)cc2)C1. The lowest BCUT2D eigenvalue weighted by Crippen LogP contribution is -2.35. The molecule has 1 heterocycles. The molecule has 3 aromatic rings. The maximum Gasteiger partial charge on any atom is 0.251 e. The van der Waals surface area contributed by atoms with E-state index in [1.165, 1.54) is 31.2 Å². The number of hydrogen-bond acceptors (Lipinski definition) is 4. The van der Waals surface area contributed by atoms with Crippen molar-refractivity contribution < 1.29 is 18.8 Å². The average molecular weight is 548 g/mol. The summed E-state index contributed by atoms with van der Waals surface area (Å²) in [5, 5.41) is 2.82. The molecular weight excluding hydrogens is 517 g/mol. The number of carbonyl (C=O) groups is 3. The number of nitrogens with zero attached hydrogens (tertiary/aromatic N) is 2. The van der Waals surface area contributed by atoms with Crippen molar-refractivity contribution in [3.63, 3.8) is 0 Å². The van der Waals surface area contributed by atoms with Gasteiger partial charge in [-0.1, -0.05) is 41.9 Å². The molecule has 1 N–H and O–H groups in total. The maximum atomic E-state index is 14.6. The van der Waals surface area contributed by atoms with Crippen LogP contribution in [-0.2, 0) is 17.8 Å². The Morgan fingerprint density at radius 2 is 1.82 bits per heavy atom. The summed E-state index contributed by atoms with van der Waals surface area (Å²) in [5.41, 5.74) is 5.06. The van der Waals surface area contributed by atoms with Crippen molar-refractivity contribution in [1.29, 1.82) is 0 Å². The molecule has 1 aliphatic heterocycles. The molecule has 39 heavy (non-hydrogen) atoms. The van der Waals surface area contributed by atoms with E-state index >= 15 is 0 Å². The molecule has 0 aliphatic carbocycles. The Kier molecular flexibility index (Phi) is 8.94. The van der Waals surface area contributed by atoms with E-state index in [1.807, 2.05) is 61.5 Å². The van der Waals surface area contributed by atoms with Gasteiger partial charge in [-0.15, -0.1) is 0 Å². The smallest absolute Gasteiger partial charge is 0.251 e. The summed E-state index contributed by atoms with van der Waals surface area (Å²) in [4.78, 5) is 41.0. The predicted molar refractivity (Wildman–Crippen MR) is 152 cm³/mol. The van der Waals surface area contributed by atoms with Crippen LogP contribution in [0.3, 0.4) is 0 Å². The van der Waals surface area contributed by atoms with Crippen molar-refractivity contribution in [2.24, 2.45) is 0 Å². The Morgan fingerprint density at radius 1 is 1.08 bits per heavy atom. The van der Waals surface area contributed by atoms with E-state index in [0.717, 1.165) is 28.8 Å². The van der Waals surface area contributed by atoms with Gasteiger partial charge in [-0.05, 0) is 80.0 Å². The number of likely N-dealkylation sites (N-methyl/N-ethyl adjacent to an activating group) is 1. The zero-order valence-electron chi connectivity index (χ0n) is 22.3. The Balaban J connectivity index is 1.48. The normalized spacial score (nSPS) is 13.0. The molecule has 3 aromatic carbocycles. The second kappa shape index (κ2) is 12.4. The minimum absolute atomic E-state index is 0.0119. The van der Waals surface area contributed by atoms with Gasteiger partial charge in [0.15, 0.2) is 5.78 Å². The van der Waals surface area contributed by atoms with Crippen LogP contribution in [-0.4, -0.2) is 61.1 Å². The second-order valence-electron chi connectivity index (χ2n) is 9.80. The zero-order valence-corrected chi connectivity index (χ0v) is 23.0. The van der Waals surface area contributed by atoms with Gasteiger partial charge in [-0.2, -0.15) is 0 Å². The molecule has 2 amide bonds. The molecule has 1 aliphatic rings. The van der Waals surface area contributed by atoms with E-state index in [-0.39, 0.29) is 33.7 Å². The van der Waals surface area contributed by atoms with Crippen LogP contribution in [0.4, 0.5) is 4.39 Å². The number of ketones is 1. The quantitative estimate of drug-likeness (QED) is 0.309. The fourth-order valence-corrected chi connectivity index (χ4v) is 4.83. The number of halogens is 2. The molecule has 0 saturated carbocycles. The lowest BCUT2D eigenvalue weighted by molar-refractivity contribution is -0.126. The number of nitrogens with one attached hydrogen (secondary N) is 1. The molecule has 0 fully saturated rings. The average Bonchev–Trinajstić information content (AvgIpc) is 2.92. The summed E-state index contributed by atoms with van der Waals surface area (Å²) < 4.78 is 14.6. The summed E-state index contributed by atoms with van der Waals surface area (Å²) in [7, 11) is 3.92. The van der Waals surface area contributed by atoms with Crippen LogP contribution in [0.5, 0.6) is 0 Å². The fraction of sp³-hybridized carbons (Fsp3) is 0.258. The molecule has 0 spiro atoms. The first-order chi connectivity index (χ1) is 18.7. The number of fused-ring (bicyclic) bond motifs is 1. The van der Waals surface area contributed by atoms with Crippen molar-refractivity contribution >= 4 is 35.3 Å². The van der Waals surface area contributed by atoms with Crippen molar-refractivity contribution in [1.82, 2.24) is 15.1 Å². The van der Waals surface area contributed by atoms with Gasteiger partial charge in [-0.3, -0.25) is 14.4 Å². The van der Waals surface area contributed by atoms with Gasteiger partial charge in [0.05, 0.1) is 5.02 Å². The Hall–Kier alpha value is -3.81. The summed E-state index contributed by atoms with van der Waals surface area (Å²) in [6, 6.07) is 16.3.